The van der Waals surface area contributed by atoms with Crippen molar-refractivity contribution in [2.24, 2.45) is 0 Å². The largest absolute Gasteiger partial charge is 0.495 e. The molecular formula is C31H38N4O7S. The van der Waals surface area contributed by atoms with Crippen LogP contribution in [0.15, 0.2) is 72.8 Å². The topological polar surface area (TPSA) is 139 Å². The number of non-ortho nitro benzene ring substituents is 1. The summed E-state index contributed by atoms with van der Waals surface area (Å²) in [7, 11) is -2.85. The molecule has 0 aliphatic rings. The number of carbonyl (C=O) groups excluding carboxylic acids is 2. The number of nitro groups is 1. The van der Waals surface area contributed by atoms with Crippen LogP contribution in [-0.2, 0) is 32.6 Å². The van der Waals surface area contributed by atoms with Crippen LogP contribution in [0.5, 0.6) is 5.75 Å². The molecular weight excluding hydrogens is 572 g/mol. The molecule has 0 aromatic heterocycles. The zero-order valence-corrected chi connectivity index (χ0v) is 25.8. The summed E-state index contributed by atoms with van der Waals surface area (Å²) in [5.74, 6) is -1.01. The molecule has 2 atom stereocenters. The first-order valence-corrected chi connectivity index (χ1v) is 15.7. The highest BCUT2D eigenvalue weighted by molar-refractivity contribution is 7.92. The molecule has 3 rings (SSSR count). The van der Waals surface area contributed by atoms with Crippen molar-refractivity contribution < 1.29 is 27.7 Å². The van der Waals surface area contributed by atoms with Crippen LogP contribution in [0, 0.1) is 17.0 Å². The maximum Gasteiger partial charge on any atom is 0.271 e. The molecule has 0 heterocycles. The lowest BCUT2D eigenvalue weighted by Gasteiger charge is -2.34. The summed E-state index contributed by atoms with van der Waals surface area (Å²) in [6.07, 6.45) is 1.75. The average Bonchev–Trinajstić information content (AvgIpc) is 2.97. The van der Waals surface area contributed by atoms with Gasteiger partial charge < -0.3 is 15.0 Å². The van der Waals surface area contributed by atoms with Crippen molar-refractivity contribution in [1.82, 2.24) is 10.2 Å². The number of ether oxygens (including phenoxy) is 1. The third-order valence-electron chi connectivity index (χ3n) is 7.20. The lowest BCUT2D eigenvalue weighted by molar-refractivity contribution is -0.384. The van der Waals surface area contributed by atoms with Gasteiger partial charge >= 0.3 is 0 Å². The Bertz CT molecular complexity index is 1550. The number of anilines is 1. The lowest BCUT2D eigenvalue weighted by atomic mass is 10.0. The minimum atomic E-state index is -4.15. The number of carbonyl (C=O) groups is 2. The van der Waals surface area contributed by atoms with Crippen LogP contribution in [0.1, 0.15) is 37.0 Å². The van der Waals surface area contributed by atoms with Gasteiger partial charge in [-0.3, -0.25) is 24.0 Å². The van der Waals surface area contributed by atoms with Crippen molar-refractivity contribution in [2.45, 2.75) is 52.2 Å². The predicted octanol–water partition coefficient (Wildman–Crippen LogP) is 4.23. The minimum Gasteiger partial charge on any atom is -0.495 e. The normalized spacial score (nSPS) is 12.6. The van der Waals surface area contributed by atoms with Crippen molar-refractivity contribution in [2.75, 3.05) is 24.2 Å². The Labute approximate surface area is 252 Å². The maximum absolute atomic E-state index is 14.3. The SMILES string of the molecule is CC[C@@H](C)NC(=O)[C@@H](Cc1ccccc1)N(Cc1ccccc1C)C(=O)CN(c1cc([N+](=O)[O-])ccc1OC)S(C)(=O)=O. The van der Waals surface area contributed by atoms with Gasteiger partial charge in [0.25, 0.3) is 5.69 Å². The van der Waals surface area contributed by atoms with Crippen LogP contribution in [0.3, 0.4) is 0 Å². The van der Waals surface area contributed by atoms with Gasteiger partial charge in [0.2, 0.25) is 21.8 Å². The monoisotopic (exact) mass is 610 g/mol. The summed E-state index contributed by atoms with van der Waals surface area (Å²) >= 11 is 0. The van der Waals surface area contributed by atoms with E-state index >= 15 is 0 Å². The standard InChI is InChI=1S/C31H38N4O7S/c1-6-23(3)32-31(37)28(18-24-13-8-7-9-14-24)33(20-25-15-11-10-12-22(25)2)30(36)21-34(43(5,40)41)27-19-26(35(38)39)16-17-29(27)42-4/h7-17,19,23,28H,6,18,20-21H2,1-5H3,(H,32,37)/t23-,28-/m1/s1. The van der Waals surface area contributed by atoms with Gasteiger partial charge in [-0.2, -0.15) is 0 Å². The third-order valence-corrected chi connectivity index (χ3v) is 8.32. The molecule has 0 fully saturated rings. The van der Waals surface area contributed by atoms with Gasteiger partial charge in [-0.15, -0.1) is 0 Å². The van der Waals surface area contributed by atoms with Crippen molar-refractivity contribution in [3.8, 4) is 5.75 Å². The Morgan fingerprint density at radius 3 is 2.28 bits per heavy atom. The van der Waals surface area contributed by atoms with Crippen LogP contribution in [0.4, 0.5) is 11.4 Å². The van der Waals surface area contributed by atoms with E-state index in [4.69, 9.17) is 4.74 Å². The number of amides is 2. The van der Waals surface area contributed by atoms with Crippen molar-refractivity contribution >= 4 is 33.2 Å². The second-order valence-corrected chi connectivity index (χ2v) is 12.3. The highest BCUT2D eigenvalue weighted by Crippen LogP contribution is 2.34. The number of sulfonamides is 1. The van der Waals surface area contributed by atoms with E-state index in [-0.39, 0.29) is 42.0 Å². The summed E-state index contributed by atoms with van der Waals surface area (Å²) < 4.78 is 32.3. The molecule has 3 aromatic rings. The van der Waals surface area contributed by atoms with Crippen molar-refractivity contribution in [3.63, 3.8) is 0 Å². The van der Waals surface area contributed by atoms with Gasteiger partial charge in [0.1, 0.15) is 24.0 Å². The van der Waals surface area contributed by atoms with E-state index in [0.717, 1.165) is 33.3 Å². The van der Waals surface area contributed by atoms with Gasteiger partial charge in [-0.25, -0.2) is 8.42 Å². The summed E-state index contributed by atoms with van der Waals surface area (Å²) in [6.45, 7) is 5.00. The lowest BCUT2D eigenvalue weighted by Crippen LogP contribution is -2.54. The molecule has 230 valence electrons. The Hall–Kier alpha value is -4.45. The summed E-state index contributed by atoms with van der Waals surface area (Å²) in [5, 5.41) is 14.5. The Morgan fingerprint density at radius 1 is 1.05 bits per heavy atom. The molecule has 0 saturated heterocycles. The first-order chi connectivity index (χ1) is 20.3. The number of nitro benzene ring substituents is 1. The number of aryl methyl sites for hydroxylation is 1. The third kappa shape index (κ3) is 8.77. The molecule has 0 spiro atoms. The van der Waals surface area contributed by atoms with Crippen molar-refractivity contribution in [3.05, 3.63) is 99.6 Å². The fraction of sp³-hybridized carbons (Fsp3) is 0.355. The van der Waals surface area contributed by atoms with Crippen LogP contribution >= 0.6 is 0 Å². The molecule has 0 radical (unpaired) electrons. The molecule has 0 saturated carbocycles. The number of nitrogens with one attached hydrogen (secondary N) is 1. The summed E-state index contributed by atoms with van der Waals surface area (Å²) in [6, 6.07) is 19.0. The van der Waals surface area contributed by atoms with Crippen LogP contribution < -0.4 is 14.4 Å². The van der Waals surface area contributed by atoms with Crippen LogP contribution in [0.25, 0.3) is 0 Å². The van der Waals surface area contributed by atoms with E-state index in [1.54, 1.807) is 0 Å². The molecule has 0 unspecified atom stereocenters. The highest BCUT2D eigenvalue weighted by atomic mass is 32.2. The first kappa shape index (κ1) is 33.1. The van der Waals surface area contributed by atoms with Gasteiger partial charge in [0, 0.05) is 31.1 Å². The fourth-order valence-electron chi connectivity index (χ4n) is 4.55. The highest BCUT2D eigenvalue weighted by Gasteiger charge is 2.34. The molecule has 43 heavy (non-hydrogen) atoms. The Kier molecular flexibility index (Phi) is 11.2. The number of nitrogens with zero attached hydrogens (tertiary/aromatic N) is 3. The second-order valence-electron chi connectivity index (χ2n) is 10.4. The second kappa shape index (κ2) is 14.6. The molecule has 0 aliphatic heterocycles. The quantitative estimate of drug-likeness (QED) is 0.213. The predicted molar refractivity (Wildman–Crippen MR) is 165 cm³/mol. The molecule has 3 aromatic carbocycles. The van der Waals surface area contributed by atoms with Crippen LogP contribution in [0.2, 0.25) is 0 Å². The van der Waals surface area contributed by atoms with E-state index in [0.29, 0.717) is 6.42 Å². The smallest absolute Gasteiger partial charge is 0.271 e. The molecule has 2 amide bonds. The van der Waals surface area contributed by atoms with E-state index in [9.17, 15) is 28.1 Å². The van der Waals surface area contributed by atoms with E-state index < -0.39 is 33.4 Å². The fourth-order valence-corrected chi connectivity index (χ4v) is 5.39. The Balaban J connectivity index is 2.14. The molecule has 12 heteroatoms. The number of hydrogen-bond acceptors (Lipinski definition) is 7. The van der Waals surface area contributed by atoms with Crippen LogP contribution in [-0.4, -0.2) is 62.0 Å². The minimum absolute atomic E-state index is 0.0284. The van der Waals surface area contributed by atoms with E-state index in [1.165, 1.54) is 24.1 Å². The number of rotatable bonds is 14. The average molecular weight is 611 g/mol. The maximum atomic E-state index is 14.3. The number of methoxy groups -OCH3 is 1. The Morgan fingerprint density at radius 2 is 1.70 bits per heavy atom. The first-order valence-electron chi connectivity index (χ1n) is 13.8. The van der Waals surface area contributed by atoms with Crippen molar-refractivity contribution in [1.29, 1.82) is 0 Å². The zero-order chi connectivity index (χ0) is 31.7. The number of benzene rings is 3. The molecule has 0 bridgehead atoms. The molecule has 0 aliphatic carbocycles. The van der Waals surface area contributed by atoms with Gasteiger partial charge in [-0.1, -0.05) is 61.5 Å². The summed E-state index contributed by atoms with van der Waals surface area (Å²) in [4.78, 5) is 40.3. The van der Waals surface area contributed by atoms with E-state index in [1.807, 2.05) is 75.4 Å². The van der Waals surface area contributed by atoms with E-state index in [2.05, 4.69) is 5.32 Å². The molecule has 1 N–H and O–H groups in total. The van der Waals surface area contributed by atoms with Gasteiger partial charge in [0.15, 0.2) is 0 Å². The molecule has 11 nitrogen and oxygen atoms in total. The number of hydrogen-bond donors (Lipinski definition) is 1. The van der Waals surface area contributed by atoms with Gasteiger partial charge in [-0.05, 0) is 43.0 Å². The zero-order valence-electron chi connectivity index (χ0n) is 25.0. The van der Waals surface area contributed by atoms with Gasteiger partial charge in [0.05, 0.1) is 18.3 Å². The summed E-state index contributed by atoms with van der Waals surface area (Å²) in [5.41, 5.74) is 1.95.